The molecule has 29 heavy (non-hydrogen) atoms. The lowest BCUT2D eigenvalue weighted by Crippen LogP contribution is -2.41. The number of carbonyl (C=O) groups excluding carboxylic acids is 1. The number of primary amides is 1. The molecule has 1 atom stereocenters. The first kappa shape index (κ1) is 20.6. The van der Waals surface area contributed by atoms with Gasteiger partial charge in [0.15, 0.2) is 5.65 Å². The van der Waals surface area contributed by atoms with Crippen LogP contribution < -0.4 is 10.5 Å². The zero-order valence-electron chi connectivity index (χ0n) is 17.5. The van der Waals surface area contributed by atoms with Crippen molar-refractivity contribution in [2.75, 3.05) is 6.61 Å². The summed E-state index contributed by atoms with van der Waals surface area (Å²) in [6.45, 7) is 9.92. The summed E-state index contributed by atoms with van der Waals surface area (Å²) in [7, 11) is 0. The van der Waals surface area contributed by atoms with E-state index in [9.17, 15) is 4.79 Å². The maximum Gasteiger partial charge on any atom is 0.405 e. The molecule has 0 aromatic carbocycles. The van der Waals surface area contributed by atoms with Gasteiger partial charge >= 0.3 is 6.09 Å². The zero-order valence-corrected chi connectivity index (χ0v) is 17.5. The van der Waals surface area contributed by atoms with Crippen molar-refractivity contribution in [1.29, 1.82) is 0 Å². The van der Waals surface area contributed by atoms with Gasteiger partial charge in [0.25, 0.3) is 0 Å². The minimum atomic E-state index is -0.810. The van der Waals surface area contributed by atoms with E-state index < -0.39 is 11.7 Å². The molecule has 0 aliphatic carbocycles. The van der Waals surface area contributed by atoms with Crippen LogP contribution in [0.15, 0.2) is 30.6 Å². The average molecular weight is 397 g/mol. The highest BCUT2D eigenvalue weighted by atomic mass is 16.6. The molecule has 3 rings (SSSR count). The normalized spacial score (nSPS) is 13.4. The Morgan fingerprint density at radius 1 is 1.24 bits per heavy atom. The van der Waals surface area contributed by atoms with E-state index in [4.69, 9.17) is 15.2 Å². The molecular weight excluding hydrogens is 370 g/mol. The smallest absolute Gasteiger partial charge is 0.405 e. The Morgan fingerprint density at radius 3 is 2.66 bits per heavy atom. The molecule has 0 saturated heterocycles. The largest absolute Gasteiger partial charge is 0.488 e. The molecule has 0 spiro atoms. The van der Waals surface area contributed by atoms with E-state index in [1.165, 1.54) is 0 Å². The predicted octanol–water partition coefficient (Wildman–Crippen LogP) is 3.69. The number of hydrogen-bond donors (Lipinski definition) is 1. The van der Waals surface area contributed by atoms with E-state index in [2.05, 4.69) is 28.9 Å². The van der Waals surface area contributed by atoms with Gasteiger partial charge in [-0.1, -0.05) is 13.8 Å². The topological polar surface area (TPSA) is 105 Å². The van der Waals surface area contributed by atoms with Crippen LogP contribution in [-0.2, 0) is 4.74 Å². The number of amides is 1. The van der Waals surface area contributed by atoms with Crippen LogP contribution in [0.1, 0.15) is 38.6 Å². The van der Waals surface area contributed by atoms with Crippen LogP contribution in [-0.4, -0.2) is 37.9 Å². The summed E-state index contributed by atoms with van der Waals surface area (Å²) in [6.07, 6.45) is 3.42. The summed E-state index contributed by atoms with van der Waals surface area (Å²) < 4.78 is 13.0. The Balaban J connectivity index is 1.83. The fourth-order valence-corrected chi connectivity index (χ4v) is 3.53. The molecule has 0 saturated carbocycles. The molecule has 0 aliphatic rings. The van der Waals surface area contributed by atoms with Crippen molar-refractivity contribution in [3.05, 3.63) is 42.0 Å². The molecule has 3 aromatic rings. The highest BCUT2D eigenvalue weighted by Crippen LogP contribution is 2.28. The van der Waals surface area contributed by atoms with Gasteiger partial charge in [0.2, 0.25) is 0 Å². The molecule has 3 heterocycles. The number of aromatic nitrogens is 4. The quantitative estimate of drug-likeness (QED) is 0.652. The summed E-state index contributed by atoms with van der Waals surface area (Å²) >= 11 is 0. The van der Waals surface area contributed by atoms with E-state index in [0.29, 0.717) is 18.1 Å². The van der Waals surface area contributed by atoms with Gasteiger partial charge in [-0.2, -0.15) is 5.10 Å². The second kappa shape index (κ2) is 8.06. The number of fused-ring (bicyclic) bond motifs is 1. The van der Waals surface area contributed by atoms with E-state index in [1.54, 1.807) is 10.7 Å². The van der Waals surface area contributed by atoms with Crippen LogP contribution in [0.4, 0.5) is 4.79 Å². The number of nitrogens with two attached hydrogens (primary N) is 1. The Morgan fingerprint density at radius 2 is 2.00 bits per heavy atom. The summed E-state index contributed by atoms with van der Waals surface area (Å²) in [6, 6.07) is 5.64. The Kier molecular flexibility index (Phi) is 5.72. The summed E-state index contributed by atoms with van der Waals surface area (Å²) in [5, 5.41) is 4.28. The third-order valence-corrected chi connectivity index (χ3v) is 4.51. The molecule has 0 aliphatic heterocycles. The third-order valence-electron chi connectivity index (χ3n) is 4.51. The van der Waals surface area contributed by atoms with Crippen LogP contribution in [0.2, 0.25) is 0 Å². The molecular formula is C21H27N5O3. The van der Waals surface area contributed by atoms with Gasteiger partial charge in [-0.25, -0.2) is 19.3 Å². The van der Waals surface area contributed by atoms with Crippen molar-refractivity contribution in [3.63, 3.8) is 0 Å². The summed E-state index contributed by atoms with van der Waals surface area (Å²) in [4.78, 5) is 20.5. The van der Waals surface area contributed by atoms with Crippen molar-refractivity contribution in [1.82, 2.24) is 19.6 Å². The van der Waals surface area contributed by atoms with Crippen molar-refractivity contribution >= 4 is 11.7 Å². The highest BCUT2D eigenvalue weighted by Gasteiger charge is 2.30. The molecule has 2 N–H and O–H groups in total. The highest BCUT2D eigenvalue weighted by molar-refractivity contribution is 5.75. The van der Waals surface area contributed by atoms with Gasteiger partial charge in [0.1, 0.15) is 18.0 Å². The maximum absolute atomic E-state index is 11.3. The molecule has 8 heteroatoms. The Labute approximate surface area is 170 Å². The number of hydrogen-bond acceptors (Lipinski definition) is 6. The lowest BCUT2D eigenvalue weighted by molar-refractivity contribution is -0.0188. The summed E-state index contributed by atoms with van der Waals surface area (Å²) in [5.41, 5.74) is 8.48. The lowest BCUT2D eigenvalue weighted by Gasteiger charge is -2.30. The number of nitrogens with zero attached hydrogens (tertiary/aromatic N) is 4. The van der Waals surface area contributed by atoms with Crippen LogP contribution in [0, 0.1) is 19.8 Å². The third kappa shape index (κ3) is 4.82. The van der Waals surface area contributed by atoms with E-state index in [-0.39, 0.29) is 6.61 Å². The molecule has 0 fully saturated rings. The monoisotopic (exact) mass is 397 g/mol. The number of pyridine rings is 1. The number of imidazole rings is 1. The zero-order chi connectivity index (χ0) is 21.2. The second-order valence-corrected chi connectivity index (χ2v) is 7.93. The van der Waals surface area contributed by atoms with Crippen LogP contribution in [0.3, 0.4) is 0 Å². The van der Waals surface area contributed by atoms with E-state index in [1.807, 2.05) is 45.2 Å². The van der Waals surface area contributed by atoms with Crippen molar-refractivity contribution < 1.29 is 14.3 Å². The van der Waals surface area contributed by atoms with E-state index in [0.717, 1.165) is 28.3 Å². The minimum Gasteiger partial charge on any atom is -0.488 e. The maximum atomic E-state index is 11.3. The van der Waals surface area contributed by atoms with E-state index >= 15 is 0 Å². The van der Waals surface area contributed by atoms with Gasteiger partial charge in [0, 0.05) is 11.8 Å². The Bertz CT molecular complexity index is 1030. The predicted molar refractivity (Wildman–Crippen MR) is 110 cm³/mol. The second-order valence-electron chi connectivity index (χ2n) is 7.93. The van der Waals surface area contributed by atoms with Crippen LogP contribution in [0.25, 0.3) is 16.9 Å². The van der Waals surface area contributed by atoms with Crippen molar-refractivity contribution in [3.8, 4) is 17.0 Å². The van der Waals surface area contributed by atoms with Gasteiger partial charge in [-0.15, -0.1) is 0 Å². The fraction of sp³-hybridized carbons (Fsp3) is 0.429. The van der Waals surface area contributed by atoms with Gasteiger partial charge in [-0.05, 0) is 51.3 Å². The lowest BCUT2D eigenvalue weighted by atomic mass is 9.95. The van der Waals surface area contributed by atoms with Gasteiger partial charge in [-0.3, -0.25) is 0 Å². The molecule has 1 amide bonds. The van der Waals surface area contributed by atoms with Crippen molar-refractivity contribution in [2.24, 2.45) is 11.7 Å². The molecule has 0 unspecified atom stereocenters. The van der Waals surface area contributed by atoms with Crippen LogP contribution in [0.5, 0.6) is 5.75 Å². The first-order valence-corrected chi connectivity index (χ1v) is 9.57. The molecule has 0 bridgehead atoms. The number of aryl methyl sites for hydroxylation is 2. The first-order chi connectivity index (χ1) is 13.7. The average Bonchev–Trinajstić information content (AvgIpc) is 2.99. The standard InChI is InChI=1S/C21H27N5O3/c1-13(2)10-21(5,29-20(22)27)12-28-18-7-6-17(25-15(18)4)16-8-9-23-26-11-14(3)24-19(16)26/h6-9,11,13H,10,12H2,1-5H3,(H2,22,27)/t21-/m0/s1. The van der Waals surface area contributed by atoms with Gasteiger partial charge in [0.05, 0.1) is 23.3 Å². The minimum absolute atomic E-state index is 0.189. The summed E-state index contributed by atoms with van der Waals surface area (Å²) in [5.74, 6) is 0.943. The number of ether oxygens (including phenoxy) is 2. The number of carbonyl (C=O) groups is 1. The SMILES string of the molecule is Cc1cn2nccc(-c3ccc(OC[C@](C)(CC(C)C)OC(N)=O)c(C)n3)c2n1. The Hall–Kier alpha value is -3.16. The number of rotatable bonds is 7. The molecule has 3 aromatic heterocycles. The molecule has 8 nitrogen and oxygen atoms in total. The van der Waals surface area contributed by atoms with Crippen LogP contribution >= 0.6 is 0 Å². The molecule has 154 valence electrons. The van der Waals surface area contributed by atoms with Gasteiger partial charge < -0.3 is 15.2 Å². The fourth-order valence-electron chi connectivity index (χ4n) is 3.53. The first-order valence-electron chi connectivity index (χ1n) is 9.57. The van der Waals surface area contributed by atoms with Crippen molar-refractivity contribution in [2.45, 2.75) is 46.6 Å². The molecule has 0 radical (unpaired) electrons.